The van der Waals surface area contributed by atoms with Gasteiger partial charge in [-0.05, 0) is 31.0 Å². The molecule has 2 heterocycles. The first-order valence-corrected chi connectivity index (χ1v) is 8.56. The molecule has 1 aliphatic heterocycles. The second kappa shape index (κ2) is 8.18. The molecule has 25 heavy (non-hydrogen) atoms. The number of urea groups is 1. The van der Waals surface area contributed by atoms with Gasteiger partial charge in [-0.25, -0.2) is 4.79 Å². The summed E-state index contributed by atoms with van der Waals surface area (Å²) >= 11 is 0. The summed E-state index contributed by atoms with van der Waals surface area (Å²) in [5.74, 6) is 0.448. The standard InChI is InChI=1S/C19H24N2O4/c1-14-16(9-11-24-14)20-19(23)21(12-15-6-3-2-4-7-15)13-17(22)18-8-5-10-25-18/h2-8,10,14,16-17,22H,9,11-13H2,1H3,(H,20,23). The van der Waals surface area contributed by atoms with Crippen molar-refractivity contribution in [3.63, 3.8) is 0 Å². The fraction of sp³-hybridized carbons (Fsp3) is 0.421. The van der Waals surface area contributed by atoms with Gasteiger partial charge in [-0.3, -0.25) is 0 Å². The number of rotatable bonds is 6. The van der Waals surface area contributed by atoms with Crippen molar-refractivity contribution >= 4 is 6.03 Å². The van der Waals surface area contributed by atoms with Gasteiger partial charge >= 0.3 is 6.03 Å². The van der Waals surface area contributed by atoms with Crippen molar-refractivity contribution in [2.24, 2.45) is 0 Å². The van der Waals surface area contributed by atoms with Gasteiger partial charge in [0.15, 0.2) is 0 Å². The van der Waals surface area contributed by atoms with E-state index in [0.717, 1.165) is 12.0 Å². The third-order valence-electron chi connectivity index (χ3n) is 4.45. The quantitative estimate of drug-likeness (QED) is 0.845. The molecule has 1 aromatic heterocycles. The Morgan fingerprint density at radius 1 is 1.32 bits per heavy atom. The second-order valence-corrected chi connectivity index (χ2v) is 6.32. The molecule has 6 heteroatoms. The van der Waals surface area contributed by atoms with Gasteiger partial charge in [0.1, 0.15) is 11.9 Å². The van der Waals surface area contributed by atoms with Crippen molar-refractivity contribution in [3.8, 4) is 0 Å². The van der Waals surface area contributed by atoms with E-state index in [1.54, 1.807) is 17.0 Å². The molecule has 0 spiro atoms. The van der Waals surface area contributed by atoms with Crippen LogP contribution in [0, 0.1) is 0 Å². The van der Waals surface area contributed by atoms with E-state index in [1.807, 2.05) is 37.3 Å². The Morgan fingerprint density at radius 2 is 2.12 bits per heavy atom. The van der Waals surface area contributed by atoms with Gasteiger partial charge in [0.05, 0.1) is 25.0 Å². The zero-order valence-electron chi connectivity index (χ0n) is 14.3. The molecule has 2 amide bonds. The lowest BCUT2D eigenvalue weighted by Gasteiger charge is -2.27. The Hall–Kier alpha value is -2.31. The molecule has 134 valence electrons. The number of ether oxygens (including phenoxy) is 1. The van der Waals surface area contributed by atoms with Gasteiger partial charge in [-0.2, -0.15) is 0 Å². The molecule has 0 aliphatic carbocycles. The van der Waals surface area contributed by atoms with Crippen LogP contribution in [0.25, 0.3) is 0 Å². The Morgan fingerprint density at radius 3 is 2.76 bits per heavy atom. The molecule has 1 fully saturated rings. The van der Waals surface area contributed by atoms with Crippen molar-refractivity contribution in [1.82, 2.24) is 10.2 Å². The van der Waals surface area contributed by atoms with Crippen LogP contribution >= 0.6 is 0 Å². The van der Waals surface area contributed by atoms with Crippen molar-refractivity contribution in [2.45, 2.75) is 38.1 Å². The van der Waals surface area contributed by atoms with Crippen LogP contribution in [0.4, 0.5) is 4.79 Å². The Labute approximate surface area is 147 Å². The lowest BCUT2D eigenvalue weighted by atomic mass is 10.1. The van der Waals surface area contributed by atoms with E-state index in [9.17, 15) is 9.90 Å². The van der Waals surface area contributed by atoms with Crippen LogP contribution in [-0.2, 0) is 11.3 Å². The molecule has 0 saturated carbocycles. The number of furan rings is 1. The largest absolute Gasteiger partial charge is 0.467 e. The van der Waals surface area contributed by atoms with Gasteiger partial charge in [0.2, 0.25) is 0 Å². The van der Waals surface area contributed by atoms with Crippen molar-refractivity contribution in [3.05, 3.63) is 60.1 Å². The van der Waals surface area contributed by atoms with E-state index in [-0.39, 0.29) is 24.7 Å². The summed E-state index contributed by atoms with van der Waals surface area (Å²) in [4.78, 5) is 14.4. The second-order valence-electron chi connectivity index (χ2n) is 6.32. The van der Waals surface area contributed by atoms with Crippen LogP contribution in [-0.4, -0.2) is 41.3 Å². The topological polar surface area (TPSA) is 74.9 Å². The highest BCUT2D eigenvalue weighted by atomic mass is 16.5. The first-order valence-electron chi connectivity index (χ1n) is 8.56. The summed E-state index contributed by atoms with van der Waals surface area (Å²) < 4.78 is 10.8. The van der Waals surface area contributed by atoms with E-state index in [0.29, 0.717) is 18.9 Å². The molecule has 1 aromatic carbocycles. The Bertz CT molecular complexity index is 659. The number of nitrogens with zero attached hydrogens (tertiary/aromatic N) is 1. The number of carbonyl (C=O) groups is 1. The summed E-state index contributed by atoms with van der Waals surface area (Å²) in [6.45, 7) is 3.17. The van der Waals surface area contributed by atoms with Gasteiger partial charge in [0.25, 0.3) is 0 Å². The van der Waals surface area contributed by atoms with Crippen LogP contribution in [0.3, 0.4) is 0 Å². The third kappa shape index (κ3) is 4.61. The fourth-order valence-electron chi connectivity index (χ4n) is 2.97. The number of amides is 2. The van der Waals surface area contributed by atoms with Crippen LogP contribution in [0.5, 0.6) is 0 Å². The first-order chi connectivity index (χ1) is 12.1. The first kappa shape index (κ1) is 17.5. The molecule has 0 radical (unpaired) electrons. The molecule has 1 aliphatic rings. The van der Waals surface area contributed by atoms with Crippen molar-refractivity contribution in [2.75, 3.05) is 13.2 Å². The van der Waals surface area contributed by atoms with E-state index in [2.05, 4.69) is 5.32 Å². The predicted molar refractivity (Wildman–Crippen MR) is 92.9 cm³/mol. The molecular weight excluding hydrogens is 320 g/mol. The number of aliphatic hydroxyl groups is 1. The smallest absolute Gasteiger partial charge is 0.318 e. The molecule has 6 nitrogen and oxygen atoms in total. The summed E-state index contributed by atoms with van der Waals surface area (Å²) in [6.07, 6.45) is 1.43. The highest BCUT2D eigenvalue weighted by Gasteiger charge is 2.28. The van der Waals surface area contributed by atoms with Crippen LogP contribution in [0.1, 0.15) is 30.8 Å². The summed E-state index contributed by atoms with van der Waals surface area (Å²) in [7, 11) is 0. The van der Waals surface area contributed by atoms with Gasteiger partial charge in [-0.15, -0.1) is 0 Å². The Kier molecular flexibility index (Phi) is 5.73. The highest BCUT2D eigenvalue weighted by molar-refractivity contribution is 5.74. The SMILES string of the molecule is CC1OCCC1NC(=O)N(Cc1ccccc1)CC(O)c1ccco1. The lowest BCUT2D eigenvalue weighted by molar-refractivity contribution is 0.0940. The van der Waals surface area contributed by atoms with Crippen LogP contribution in [0.2, 0.25) is 0 Å². The summed E-state index contributed by atoms with van der Waals surface area (Å²) in [6, 6.07) is 12.9. The average Bonchev–Trinajstić information content (AvgIpc) is 3.28. The summed E-state index contributed by atoms with van der Waals surface area (Å²) in [5, 5.41) is 13.4. The molecule has 2 aromatic rings. The van der Waals surface area contributed by atoms with Crippen molar-refractivity contribution in [1.29, 1.82) is 0 Å². The third-order valence-corrected chi connectivity index (χ3v) is 4.45. The molecule has 2 N–H and O–H groups in total. The minimum absolute atomic E-state index is 0.00229. The highest BCUT2D eigenvalue weighted by Crippen LogP contribution is 2.18. The summed E-state index contributed by atoms with van der Waals surface area (Å²) in [5.41, 5.74) is 1.00. The molecule has 3 rings (SSSR count). The average molecular weight is 344 g/mol. The molecule has 3 unspecified atom stereocenters. The Balaban J connectivity index is 1.69. The number of nitrogens with one attached hydrogen (secondary N) is 1. The molecule has 3 atom stereocenters. The number of benzene rings is 1. The van der Waals surface area contributed by atoms with Crippen molar-refractivity contribution < 1.29 is 19.1 Å². The zero-order valence-corrected chi connectivity index (χ0v) is 14.3. The van der Waals surface area contributed by atoms with Gasteiger partial charge < -0.3 is 24.5 Å². The fourth-order valence-corrected chi connectivity index (χ4v) is 2.97. The number of hydrogen-bond acceptors (Lipinski definition) is 4. The molecule has 0 bridgehead atoms. The zero-order chi connectivity index (χ0) is 17.6. The maximum absolute atomic E-state index is 12.8. The monoisotopic (exact) mass is 344 g/mol. The maximum Gasteiger partial charge on any atom is 0.318 e. The minimum Gasteiger partial charge on any atom is -0.467 e. The number of aliphatic hydroxyl groups excluding tert-OH is 1. The van der Waals surface area contributed by atoms with Crippen LogP contribution in [0.15, 0.2) is 53.1 Å². The number of hydrogen-bond donors (Lipinski definition) is 2. The van der Waals surface area contributed by atoms with E-state index >= 15 is 0 Å². The van der Waals surface area contributed by atoms with E-state index in [1.165, 1.54) is 6.26 Å². The maximum atomic E-state index is 12.8. The lowest BCUT2D eigenvalue weighted by Crippen LogP contribution is -2.48. The van der Waals surface area contributed by atoms with E-state index < -0.39 is 6.10 Å². The minimum atomic E-state index is -0.873. The molecular formula is C19H24N2O4. The predicted octanol–water partition coefficient (Wildman–Crippen LogP) is 2.70. The number of carbonyl (C=O) groups excluding carboxylic acids is 1. The van der Waals surface area contributed by atoms with E-state index in [4.69, 9.17) is 9.15 Å². The normalized spacial score (nSPS) is 21.0. The molecule has 1 saturated heterocycles. The van der Waals surface area contributed by atoms with Gasteiger partial charge in [-0.1, -0.05) is 30.3 Å². The van der Waals surface area contributed by atoms with Crippen LogP contribution < -0.4 is 5.32 Å². The van der Waals surface area contributed by atoms with Gasteiger partial charge in [0, 0.05) is 13.2 Å².